The molecule has 0 radical (unpaired) electrons. The number of hydrogen-bond acceptors (Lipinski definition) is 2. The van der Waals surface area contributed by atoms with Gasteiger partial charge in [-0.2, -0.15) is 0 Å². The van der Waals surface area contributed by atoms with Crippen molar-refractivity contribution in [1.29, 1.82) is 0 Å². The number of rotatable bonds is 2. The van der Waals surface area contributed by atoms with E-state index in [4.69, 9.17) is 5.73 Å². The van der Waals surface area contributed by atoms with Crippen molar-refractivity contribution >= 4 is 11.3 Å². The van der Waals surface area contributed by atoms with Gasteiger partial charge in [0.25, 0.3) is 0 Å². The lowest BCUT2D eigenvalue weighted by Gasteiger charge is -2.12. The van der Waals surface area contributed by atoms with Crippen molar-refractivity contribution < 1.29 is 0 Å². The van der Waals surface area contributed by atoms with Crippen LogP contribution in [-0.4, -0.2) is 0 Å². The first kappa shape index (κ1) is 8.75. The Morgan fingerprint density at radius 1 is 1.36 bits per heavy atom. The standard InChI is InChI=1S/C9H15NS/c1-6(2)9(10)8-5-4-7(3)11-8/h4-6,9H,10H2,1-3H3. The van der Waals surface area contributed by atoms with Crippen LogP contribution >= 0.6 is 11.3 Å². The summed E-state index contributed by atoms with van der Waals surface area (Å²) in [6.07, 6.45) is 0. The van der Waals surface area contributed by atoms with Gasteiger partial charge in [0.2, 0.25) is 0 Å². The number of thiophene rings is 1. The van der Waals surface area contributed by atoms with E-state index in [2.05, 4.69) is 32.9 Å². The van der Waals surface area contributed by atoms with E-state index >= 15 is 0 Å². The molecule has 1 unspecified atom stereocenters. The molecule has 0 amide bonds. The molecule has 2 N–H and O–H groups in total. The first-order valence-electron chi connectivity index (χ1n) is 3.93. The molecule has 1 nitrogen and oxygen atoms in total. The third-order valence-electron chi connectivity index (χ3n) is 1.81. The Morgan fingerprint density at radius 3 is 2.36 bits per heavy atom. The minimum Gasteiger partial charge on any atom is -0.323 e. The molecule has 62 valence electrons. The van der Waals surface area contributed by atoms with Crippen molar-refractivity contribution in [2.45, 2.75) is 26.8 Å². The lowest BCUT2D eigenvalue weighted by molar-refractivity contribution is 0.521. The molecule has 0 saturated heterocycles. The van der Waals surface area contributed by atoms with Gasteiger partial charge in [-0.05, 0) is 25.0 Å². The van der Waals surface area contributed by atoms with Crippen LogP contribution in [0, 0.1) is 12.8 Å². The second-order valence-corrected chi connectivity index (χ2v) is 4.54. The van der Waals surface area contributed by atoms with Gasteiger partial charge >= 0.3 is 0 Å². The molecule has 0 aliphatic rings. The van der Waals surface area contributed by atoms with Gasteiger partial charge in [0.15, 0.2) is 0 Å². The zero-order valence-corrected chi connectivity index (χ0v) is 8.11. The van der Waals surface area contributed by atoms with Crippen LogP contribution in [0.25, 0.3) is 0 Å². The van der Waals surface area contributed by atoms with E-state index in [0.29, 0.717) is 5.92 Å². The highest BCUT2D eigenvalue weighted by Crippen LogP contribution is 2.25. The van der Waals surface area contributed by atoms with Crippen molar-refractivity contribution in [1.82, 2.24) is 0 Å². The van der Waals surface area contributed by atoms with Gasteiger partial charge in [-0.3, -0.25) is 0 Å². The highest BCUT2D eigenvalue weighted by molar-refractivity contribution is 7.12. The van der Waals surface area contributed by atoms with Gasteiger partial charge in [0.1, 0.15) is 0 Å². The van der Waals surface area contributed by atoms with Crippen LogP contribution in [0.1, 0.15) is 29.6 Å². The van der Waals surface area contributed by atoms with Crippen molar-refractivity contribution in [3.05, 3.63) is 21.9 Å². The fourth-order valence-electron chi connectivity index (χ4n) is 0.961. The van der Waals surface area contributed by atoms with Crippen molar-refractivity contribution in [2.75, 3.05) is 0 Å². The lowest BCUT2D eigenvalue weighted by atomic mass is 10.0. The van der Waals surface area contributed by atoms with Gasteiger partial charge < -0.3 is 5.73 Å². The van der Waals surface area contributed by atoms with Crippen molar-refractivity contribution in [3.63, 3.8) is 0 Å². The van der Waals surface area contributed by atoms with Crippen LogP contribution in [0.15, 0.2) is 12.1 Å². The molecule has 1 atom stereocenters. The molecule has 2 heteroatoms. The summed E-state index contributed by atoms with van der Waals surface area (Å²) in [5.41, 5.74) is 5.96. The summed E-state index contributed by atoms with van der Waals surface area (Å²) in [5, 5.41) is 0. The predicted octanol–water partition coefficient (Wildman–Crippen LogP) is 2.71. The molecule has 1 heterocycles. The summed E-state index contributed by atoms with van der Waals surface area (Å²) in [4.78, 5) is 2.65. The third kappa shape index (κ3) is 2.04. The molecule has 0 bridgehead atoms. The van der Waals surface area contributed by atoms with Crippen molar-refractivity contribution in [3.8, 4) is 0 Å². The van der Waals surface area contributed by atoms with E-state index in [9.17, 15) is 0 Å². The fourth-order valence-corrected chi connectivity index (χ4v) is 2.01. The molecule has 11 heavy (non-hydrogen) atoms. The molecule has 1 aromatic heterocycles. The number of nitrogens with two attached hydrogens (primary N) is 1. The summed E-state index contributed by atoms with van der Waals surface area (Å²) >= 11 is 1.80. The van der Waals surface area contributed by atoms with Crippen LogP contribution < -0.4 is 5.73 Å². The molecule has 1 aromatic rings. The summed E-state index contributed by atoms with van der Waals surface area (Å²) < 4.78 is 0. The largest absolute Gasteiger partial charge is 0.323 e. The minimum atomic E-state index is 0.216. The average molecular weight is 169 g/mol. The SMILES string of the molecule is Cc1ccc(C(N)C(C)C)s1. The van der Waals surface area contributed by atoms with E-state index in [1.165, 1.54) is 9.75 Å². The molecule has 0 spiro atoms. The lowest BCUT2D eigenvalue weighted by Crippen LogP contribution is -2.14. The van der Waals surface area contributed by atoms with Gasteiger partial charge in [-0.25, -0.2) is 0 Å². The van der Waals surface area contributed by atoms with E-state index in [0.717, 1.165) is 0 Å². The Morgan fingerprint density at radius 2 is 2.00 bits per heavy atom. The smallest absolute Gasteiger partial charge is 0.0413 e. The van der Waals surface area contributed by atoms with Gasteiger partial charge in [0, 0.05) is 15.8 Å². The van der Waals surface area contributed by atoms with E-state index in [-0.39, 0.29) is 6.04 Å². The zero-order chi connectivity index (χ0) is 8.43. The molecule has 0 aromatic carbocycles. The maximum absolute atomic E-state index is 5.96. The maximum atomic E-state index is 5.96. The quantitative estimate of drug-likeness (QED) is 0.723. The molecule has 0 aliphatic carbocycles. The van der Waals surface area contributed by atoms with Crippen LogP contribution in [0.3, 0.4) is 0 Å². The van der Waals surface area contributed by atoms with Gasteiger partial charge in [0.05, 0.1) is 0 Å². The summed E-state index contributed by atoms with van der Waals surface area (Å²) in [6, 6.07) is 4.47. The minimum absolute atomic E-state index is 0.216. The fraction of sp³-hybridized carbons (Fsp3) is 0.556. The Kier molecular flexibility index (Phi) is 2.68. The van der Waals surface area contributed by atoms with Crippen molar-refractivity contribution in [2.24, 2.45) is 11.7 Å². The Balaban J connectivity index is 2.76. The zero-order valence-electron chi connectivity index (χ0n) is 7.29. The number of hydrogen-bond donors (Lipinski definition) is 1. The Bertz CT molecular complexity index is 227. The Hall–Kier alpha value is -0.340. The monoisotopic (exact) mass is 169 g/mol. The van der Waals surface area contributed by atoms with E-state index < -0.39 is 0 Å². The van der Waals surface area contributed by atoms with E-state index in [1.807, 2.05) is 0 Å². The molecular formula is C9H15NS. The molecule has 0 aliphatic heterocycles. The normalized spacial score (nSPS) is 13.9. The summed E-state index contributed by atoms with van der Waals surface area (Å²) in [6.45, 7) is 6.42. The topological polar surface area (TPSA) is 26.0 Å². The molecule has 1 rings (SSSR count). The van der Waals surface area contributed by atoms with Crippen LogP contribution in [-0.2, 0) is 0 Å². The maximum Gasteiger partial charge on any atom is 0.0413 e. The van der Waals surface area contributed by atoms with E-state index in [1.54, 1.807) is 11.3 Å². The summed E-state index contributed by atoms with van der Waals surface area (Å²) in [5.74, 6) is 0.535. The highest BCUT2D eigenvalue weighted by Gasteiger charge is 2.11. The van der Waals surface area contributed by atoms with Crippen LogP contribution in [0.4, 0.5) is 0 Å². The Labute approximate surface area is 72.2 Å². The molecule has 0 saturated carbocycles. The van der Waals surface area contributed by atoms with Crippen LogP contribution in [0.2, 0.25) is 0 Å². The second-order valence-electron chi connectivity index (χ2n) is 3.22. The van der Waals surface area contributed by atoms with Gasteiger partial charge in [-0.15, -0.1) is 11.3 Å². The second kappa shape index (κ2) is 3.37. The molecular weight excluding hydrogens is 154 g/mol. The molecule has 0 fully saturated rings. The first-order valence-corrected chi connectivity index (χ1v) is 4.75. The first-order chi connectivity index (χ1) is 5.11. The average Bonchev–Trinajstić information content (AvgIpc) is 2.34. The van der Waals surface area contributed by atoms with Gasteiger partial charge in [-0.1, -0.05) is 13.8 Å². The summed E-state index contributed by atoms with van der Waals surface area (Å²) in [7, 11) is 0. The predicted molar refractivity (Wildman–Crippen MR) is 50.8 cm³/mol. The van der Waals surface area contributed by atoms with Crippen LogP contribution in [0.5, 0.6) is 0 Å². The highest BCUT2D eigenvalue weighted by atomic mass is 32.1. The third-order valence-corrected chi connectivity index (χ3v) is 2.91. The number of aryl methyl sites for hydroxylation is 1.